The second kappa shape index (κ2) is 5.62. The lowest BCUT2D eigenvalue weighted by Gasteiger charge is -2.04. The molecule has 0 aliphatic carbocycles. The van der Waals surface area contributed by atoms with Gasteiger partial charge in [0.1, 0.15) is 11.3 Å². The fraction of sp³-hybridized carbons (Fsp3) is 0.0588. The van der Waals surface area contributed by atoms with Gasteiger partial charge in [-0.3, -0.25) is 9.20 Å². The third-order valence-corrected chi connectivity index (χ3v) is 3.67. The van der Waals surface area contributed by atoms with Crippen molar-refractivity contribution in [1.29, 1.82) is 0 Å². The Hall–Kier alpha value is -3.48. The van der Waals surface area contributed by atoms with Crippen molar-refractivity contribution in [3.63, 3.8) is 0 Å². The molecule has 0 radical (unpaired) electrons. The van der Waals surface area contributed by atoms with Crippen LogP contribution in [0.2, 0.25) is 0 Å². The van der Waals surface area contributed by atoms with Crippen LogP contribution in [0.5, 0.6) is 0 Å². The third kappa shape index (κ3) is 2.52. The maximum absolute atomic E-state index is 12.1. The van der Waals surface area contributed by atoms with Crippen LogP contribution in [0.3, 0.4) is 0 Å². The van der Waals surface area contributed by atoms with Crippen molar-refractivity contribution in [2.24, 2.45) is 0 Å². The van der Waals surface area contributed by atoms with Gasteiger partial charge in [0.05, 0.1) is 11.9 Å². The van der Waals surface area contributed by atoms with Crippen molar-refractivity contribution in [2.75, 3.05) is 5.32 Å². The van der Waals surface area contributed by atoms with Crippen LogP contribution in [0.4, 0.5) is 5.69 Å². The van der Waals surface area contributed by atoms with Gasteiger partial charge >= 0.3 is 0 Å². The zero-order valence-corrected chi connectivity index (χ0v) is 12.8. The van der Waals surface area contributed by atoms with Gasteiger partial charge in [-0.05, 0) is 25.1 Å². The second-order valence-corrected chi connectivity index (χ2v) is 5.28. The van der Waals surface area contributed by atoms with Gasteiger partial charge in [-0.25, -0.2) is 9.97 Å². The highest BCUT2D eigenvalue weighted by molar-refractivity contribution is 6.04. The molecule has 0 fully saturated rings. The minimum atomic E-state index is -0.251. The minimum Gasteiger partial charge on any atom is -0.361 e. The van der Waals surface area contributed by atoms with Gasteiger partial charge < -0.3 is 9.84 Å². The highest BCUT2D eigenvalue weighted by Crippen LogP contribution is 2.21. The first-order valence-electron chi connectivity index (χ1n) is 7.33. The summed E-state index contributed by atoms with van der Waals surface area (Å²) in [6, 6.07) is 9.31. The van der Waals surface area contributed by atoms with Crippen LogP contribution in [0, 0.1) is 6.92 Å². The smallest absolute Gasteiger partial charge is 0.260 e. The predicted molar refractivity (Wildman–Crippen MR) is 87.6 cm³/mol. The van der Waals surface area contributed by atoms with Crippen molar-refractivity contribution in [1.82, 2.24) is 19.5 Å². The molecule has 0 aliphatic heterocycles. The number of fused-ring (bicyclic) bond motifs is 1. The molecule has 118 valence electrons. The number of nitrogens with one attached hydrogen (secondary N) is 1. The Kier molecular flexibility index (Phi) is 3.31. The van der Waals surface area contributed by atoms with Gasteiger partial charge in [0.25, 0.3) is 5.91 Å². The van der Waals surface area contributed by atoms with E-state index in [9.17, 15) is 4.79 Å². The Morgan fingerprint density at radius 2 is 2.08 bits per heavy atom. The lowest BCUT2D eigenvalue weighted by Crippen LogP contribution is -2.11. The lowest BCUT2D eigenvalue weighted by molar-refractivity contribution is 0.102. The quantitative estimate of drug-likeness (QED) is 0.627. The van der Waals surface area contributed by atoms with Crippen molar-refractivity contribution < 1.29 is 9.32 Å². The first kappa shape index (κ1) is 14.1. The van der Waals surface area contributed by atoms with Crippen molar-refractivity contribution in [3.8, 4) is 11.3 Å². The molecule has 1 aromatic carbocycles. The molecule has 7 heteroatoms. The number of aromatic nitrogens is 4. The number of nitrogens with zero attached hydrogens (tertiary/aromatic N) is 4. The van der Waals surface area contributed by atoms with Crippen LogP contribution < -0.4 is 5.32 Å². The van der Waals surface area contributed by atoms with E-state index in [1.165, 1.54) is 6.20 Å². The van der Waals surface area contributed by atoms with Gasteiger partial charge in [-0.15, -0.1) is 0 Å². The Balaban J connectivity index is 1.56. The Bertz CT molecular complexity index is 984. The first-order chi connectivity index (χ1) is 11.7. The maximum atomic E-state index is 12.1. The molecule has 0 spiro atoms. The van der Waals surface area contributed by atoms with E-state index < -0.39 is 0 Å². The number of aryl methyl sites for hydroxylation is 1. The molecule has 0 saturated heterocycles. The number of carbonyl (C=O) groups excluding carboxylic acids is 1. The summed E-state index contributed by atoms with van der Waals surface area (Å²) in [5, 5.41) is 6.42. The molecular formula is C17H13N5O2. The average molecular weight is 319 g/mol. The van der Waals surface area contributed by atoms with Crippen molar-refractivity contribution in [3.05, 3.63) is 66.4 Å². The van der Waals surface area contributed by atoms with Crippen LogP contribution in [0.25, 0.3) is 17.0 Å². The van der Waals surface area contributed by atoms with E-state index in [0.29, 0.717) is 22.8 Å². The second-order valence-electron chi connectivity index (χ2n) is 5.28. The van der Waals surface area contributed by atoms with Crippen LogP contribution in [-0.4, -0.2) is 25.4 Å². The Morgan fingerprint density at radius 3 is 2.79 bits per heavy atom. The molecule has 3 heterocycles. The van der Waals surface area contributed by atoms with E-state index in [-0.39, 0.29) is 5.91 Å². The fourth-order valence-electron chi connectivity index (χ4n) is 2.41. The van der Waals surface area contributed by atoms with E-state index in [0.717, 1.165) is 11.3 Å². The summed E-state index contributed by atoms with van der Waals surface area (Å²) in [7, 11) is 0. The highest BCUT2D eigenvalue weighted by Gasteiger charge is 2.13. The van der Waals surface area contributed by atoms with Gasteiger partial charge in [-0.2, -0.15) is 0 Å². The minimum absolute atomic E-state index is 0.251. The predicted octanol–water partition coefficient (Wildman–Crippen LogP) is 2.95. The standard InChI is InChI=1S/C17H13N5O2/c1-11-14(9-19-24-11)16(23)20-13-5-3-12(4-6-13)15-10-22-8-2-7-18-17(22)21-15/h2-10H,1H3,(H,20,23). The molecule has 1 N–H and O–H groups in total. The normalized spacial score (nSPS) is 10.9. The molecule has 0 aliphatic rings. The van der Waals surface area contributed by atoms with Gasteiger partial charge in [0, 0.05) is 29.8 Å². The lowest BCUT2D eigenvalue weighted by atomic mass is 10.1. The highest BCUT2D eigenvalue weighted by atomic mass is 16.5. The number of imidazole rings is 1. The zero-order valence-electron chi connectivity index (χ0n) is 12.8. The van der Waals surface area contributed by atoms with E-state index in [4.69, 9.17) is 4.52 Å². The molecule has 0 atom stereocenters. The number of anilines is 1. The molecule has 7 nitrogen and oxygen atoms in total. The summed E-state index contributed by atoms with van der Waals surface area (Å²) >= 11 is 0. The van der Waals surface area contributed by atoms with E-state index >= 15 is 0 Å². The SMILES string of the molecule is Cc1oncc1C(=O)Nc1ccc(-c2cn3cccnc3n2)cc1. The van der Waals surface area contributed by atoms with Crippen LogP contribution in [-0.2, 0) is 0 Å². The Morgan fingerprint density at radius 1 is 1.25 bits per heavy atom. The van der Waals surface area contributed by atoms with Gasteiger partial charge in [0.15, 0.2) is 0 Å². The van der Waals surface area contributed by atoms with Gasteiger partial charge in [-0.1, -0.05) is 17.3 Å². The molecule has 0 saturated carbocycles. The van der Waals surface area contributed by atoms with E-state index in [2.05, 4.69) is 20.4 Å². The number of carbonyl (C=O) groups is 1. The zero-order chi connectivity index (χ0) is 16.5. The van der Waals surface area contributed by atoms with Crippen LogP contribution in [0.1, 0.15) is 16.1 Å². The summed E-state index contributed by atoms with van der Waals surface area (Å²) in [6.45, 7) is 1.70. The molecule has 0 bridgehead atoms. The van der Waals surface area contributed by atoms with E-state index in [1.807, 2.05) is 47.1 Å². The van der Waals surface area contributed by atoms with Crippen molar-refractivity contribution >= 4 is 17.4 Å². The molecule has 1 amide bonds. The molecule has 3 aromatic heterocycles. The Labute approximate surface area is 137 Å². The number of hydrogen-bond donors (Lipinski definition) is 1. The summed E-state index contributed by atoms with van der Waals surface area (Å²) in [6.07, 6.45) is 6.92. The topological polar surface area (TPSA) is 85.3 Å². The van der Waals surface area contributed by atoms with Crippen LogP contribution in [0.15, 0.2) is 59.6 Å². The summed E-state index contributed by atoms with van der Waals surface area (Å²) < 4.78 is 6.76. The fourth-order valence-corrected chi connectivity index (χ4v) is 2.41. The third-order valence-electron chi connectivity index (χ3n) is 3.67. The number of amides is 1. The van der Waals surface area contributed by atoms with E-state index in [1.54, 1.807) is 13.1 Å². The monoisotopic (exact) mass is 319 g/mol. The summed E-state index contributed by atoms with van der Waals surface area (Å²) in [5.74, 6) is 0.882. The summed E-state index contributed by atoms with van der Waals surface area (Å²) in [5.41, 5.74) is 2.87. The van der Waals surface area contributed by atoms with Gasteiger partial charge in [0.2, 0.25) is 5.78 Å². The first-order valence-corrected chi connectivity index (χ1v) is 7.33. The average Bonchev–Trinajstić information content (AvgIpc) is 3.21. The number of hydrogen-bond acceptors (Lipinski definition) is 5. The number of benzene rings is 1. The summed E-state index contributed by atoms with van der Waals surface area (Å²) in [4.78, 5) is 20.8. The molecule has 4 aromatic rings. The molecule has 0 unspecified atom stereocenters. The molecule has 24 heavy (non-hydrogen) atoms. The van der Waals surface area contributed by atoms with Crippen LogP contribution >= 0.6 is 0 Å². The van der Waals surface area contributed by atoms with Crippen molar-refractivity contribution in [2.45, 2.75) is 6.92 Å². The molecular weight excluding hydrogens is 306 g/mol. The largest absolute Gasteiger partial charge is 0.361 e. The maximum Gasteiger partial charge on any atom is 0.260 e. The molecule has 4 rings (SSSR count). The number of rotatable bonds is 3.